The van der Waals surface area contributed by atoms with Crippen molar-refractivity contribution in [2.24, 2.45) is 0 Å². The van der Waals surface area contributed by atoms with Gasteiger partial charge in [0.05, 0.1) is 11.4 Å². The Labute approximate surface area is 142 Å². The molecular formula is C15H14ClN3O3S. The van der Waals surface area contributed by atoms with Crippen LogP contribution in [0.15, 0.2) is 23.6 Å². The minimum atomic E-state index is -0.491. The number of anilines is 2. The smallest absolute Gasteiger partial charge is 0.267 e. The van der Waals surface area contributed by atoms with E-state index >= 15 is 0 Å². The van der Waals surface area contributed by atoms with Crippen molar-refractivity contribution in [2.45, 2.75) is 13.0 Å². The van der Waals surface area contributed by atoms with Gasteiger partial charge in [0.15, 0.2) is 11.2 Å². The van der Waals surface area contributed by atoms with Gasteiger partial charge in [-0.3, -0.25) is 9.59 Å². The lowest BCUT2D eigenvalue weighted by Crippen LogP contribution is -2.41. The van der Waals surface area contributed by atoms with Crippen LogP contribution in [0.4, 0.5) is 10.8 Å². The molecule has 1 atom stereocenters. The molecule has 0 radical (unpaired) electrons. The zero-order valence-corrected chi connectivity index (χ0v) is 14.1. The Morgan fingerprint density at radius 1 is 1.52 bits per heavy atom. The number of nitrogens with one attached hydrogen (secondary N) is 1. The number of likely N-dealkylation sites (N-methyl/N-ethyl adjacent to an activating group) is 1. The summed E-state index contributed by atoms with van der Waals surface area (Å²) in [6, 6.07) is 5.54. The van der Waals surface area contributed by atoms with Crippen molar-refractivity contribution in [3.63, 3.8) is 0 Å². The molecule has 1 N–H and O–H groups in total. The molecule has 3 rings (SSSR count). The van der Waals surface area contributed by atoms with Gasteiger partial charge in [0, 0.05) is 18.0 Å². The number of fused-ring (bicyclic) bond motifs is 1. The van der Waals surface area contributed by atoms with Gasteiger partial charge < -0.3 is 15.0 Å². The molecule has 2 heterocycles. The maximum absolute atomic E-state index is 12.0. The zero-order valence-electron chi connectivity index (χ0n) is 12.5. The Morgan fingerprint density at radius 3 is 3.04 bits per heavy atom. The maximum Gasteiger partial charge on any atom is 0.267 e. The summed E-state index contributed by atoms with van der Waals surface area (Å²) >= 11 is 6.77. The van der Waals surface area contributed by atoms with E-state index < -0.39 is 6.10 Å². The third kappa shape index (κ3) is 3.02. The number of halogens is 1. The van der Waals surface area contributed by atoms with Crippen molar-refractivity contribution in [2.75, 3.05) is 23.1 Å². The van der Waals surface area contributed by atoms with E-state index in [0.29, 0.717) is 22.3 Å². The molecule has 6 nitrogen and oxygen atoms in total. The number of hydrogen-bond donors (Lipinski definition) is 1. The highest BCUT2D eigenvalue weighted by Gasteiger charge is 2.29. The van der Waals surface area contributed by atoms with Crippen LogP contribution in [0.25, 0.3) is 11.3 Å². The van der Waals surface area contributed by atoms with Crippen LogP contribution in [0.5, 0.6) is 5.75 Å². The first-order valence-corrected chi connectivity index (χ1v) is 8.31. The summed E-state index contributed by atoms with van der Waals surface area (Å²) in [4.78, 5) is 29.3. The van der Waals surface area contributed by atoms with Gasteiger partial charge in [0.2, 0.25) is 5.91 Å². The number of rotatable bonds is 3. The van der Waals surface area contributed by atoms with Crippen LogP contribution in [0.1, 0.15) is 6.92 Å². The molecule has 1 aromatic heterocycles. The van der Waals surface area contributed by atoms with Gasteiger partial charge in [-0.2, -0.15) is 0 Å². The summed E-state index contributed by atoms with van der Waals surface area (Å²) in [6.07, 6.45) is -0.491. The molecule has 1 aromatic carbocycles. The molecule has 1 aliphatic heterocycles. The van der Waals surface area contributed by atoms with E-state index in [0.717, 1.165) is 5.56 Å². The van der Waals surface area contributed by atoms with Crippen LogP contribution in [0.3, 0.4) is 0 Å². The van der Waals surface area contributed by atoms with Gasteiger partial charge >= 0.3 is 0 Å². The zero-order chi connectivity index (χ0) is 16.6. The average Bonchev–Trinajstić information content (AvgIpc) is 3.01. The summed E-state index contributed by atoms with van der Waals surface area (Å²) in [5, 5.41) is 4.93. The van der Waals surface area contributed by atoms with E-state index in [1.807, 2.05) is 23.6 Å². The fourth-order valence-electron chi connectivity index (χ4n) is 2.29. The second kappa shape index (κ2) is 6.17. The Kier molecular flexibility index (Phi) is 4.23. The van der Waals surface area contributed by atoms with E-state index in [2.05, 4.69) is 10.3 Å². The molecule has 2 amide bonds. The van der Waals surface area contributed by atoms with E-state index in [4.69, 9.17) is 16.3 Å². The molecule has 0 saturated heterocycles. The topological polar surface area (TPSA) is 71.5 Å². The van der Waals surface area contributed by atoms with Crippen LogP contribution < -0.4 is 15.0 Å². The highest BCUT2D eigenvalue weighted by atomic mass is 35.5. The molecule has 0 aliphatic carbocycles. The molecule has 0 spiro atoms. The number of hydrogen-bond acceptors (Lipinski definition) is 5. The average molecular weight is 352 g/mol. The molecule has 2 aromatic rings. The minimum Gasteiger partial charge on any atom is -0.479 e. The Bertz CT molecular complexity index is 777. The third-order valence-corrected chi connectivity index (χ3v) is 4.47. The predicted octanol–water partition coefficient (Wildman–Crippen LogP) is 2.73. The quantitative estimate of drug-likeness (QED) is 0.863. The summed E-state index contributed by atoms with van der Waals surface area (Å²) in [5.74, 6) is 0.152. The van der Waals surface area contributed by atoms with Gasteiger partial charge in [0.25, 0.3) is 5.91 Å². The second-order valence-corrected chi connectivity index (χ2v) is 6.18. The number of thiazole rings is 1. The lowest BCUT2D eigenvalue weighted by molar-refractivity contribution is -0.125. The van der Waals surface area contributed by atoms with Crippen molar-refractivity contribution in [1.82, 2.24) is 4.98 Å². The van der Waals surface area contributed by atoms with Crippen LogP contribution in [-0.4, -0.2) is 35.8 Å². The molecule has 23 heavy (non-hydrogen) atoms. The SMILES string of the molecule is CC1Oc2ccc(-c3csc(NC(=O)CCl)n3)cc2N(C)C1=O. The monoisotopic (exact) mass is 351 g/mol. The summed E-state index contributed by atoms with van der Waals surface area (Å²) < 4.78 is 5.60. The van der Waals surface area contributed by atoms with E-state index in [9.17, 15) is 9.59 Å². The summed E-state index contributed by atoms with van der Waals surface area (Å²) in [7, 11) is 1.72. The Balaban J connectivity index is 1.90. The highest BCUT2D eigenvalue weighted by molar-refractivity contribution is 7.14. The van der Waals surface area contributed by atoms with Crippen LogP contribution >= 0.6 is 22.9 Å². The number of carbonyl (C=O) groups is 2. The summed E-state index contributed by atoms with van der Waals surface area (Å²) in [5.41, 5.74) is 2.25. The van der Waals surface area contributed by atoms with Crippen molar-refractivity contribution in [3.8, 4) is 17.0 Å². The van der Waals surface area contributed by atoms with Gasteiger partial charge in [0.1, 0.15) is 11.6 Å². The molecule has 120 valence electrons. The van der Waals surface area contributed by atoms with Crippen LogP contribution in [-0.2, 0) is 9.59 Å². The van der Waals surface area contributed by atoms with Gasteiger partial charge in [-0.05, 0) is 25.1 Å². The number of benzene rings is 1. The standard InChI is InChI=1S/C15H14ClN3O3S/c1-8-14(21)19(2)11-5-9(3-4-12(11)22-8)10-7-23-15(17-10)18-13(20)6-16/h3-5,7-8H,6H2,1-2H3,(H,17,18,20). The number of aromatic nitrogens is 1. The Morgan fingerprint density at radius 2 is 2.30 bits per heavy atom. The Hall–Kier alpha value is -2.12. The fraction of sp³-hybridized carbons (Fsp3) is 0.267. The van der Waals surface area contributed by atoms with Crippen LogP contribution in [0.2, 0.25) is 0 Å². The largest absolute Gasteiger partial charge is 0.479 e. The normalized spacial score (nSPS) is 16.7. The van der Waals surface area contributed by atoms with E-state index in [1.54, 1.807) is 18.9 Å². The molecule has 0 bridgehead atoms. The first-order valence-electron chi connectivity index (χ1n) is 6.89. The molecule has 1 aliphatic rings. The molecule has 1 unspecified atom stereocenters. The number of carbonyl (C=O) groups excluding carboxylic acids is 2. The molecule has 8 heteroatoms. The molecular weight excluding hydrogens is 338 g/mol. The highest BCUT2D eigenvalue weighted by Crippen LogP contribution is 2.37. The second-order valence-electron chi connectivity index (χ2n) is 5.06. The molecule has 0 saturated carbocycles. The van der Waals surface area contributed by atoms with Crippen molar-refractivity contribution >= 4 is 45.6 Å². The number of nitrogens with zero attached hydrogens (tertiary/aromatic N) is 2. The number of ether oxygens (including phenoxy) is 1. The van der Waals surface area contributed by atoms with Gasteiger partial charge in [-0.25, -0.2) is 4.98 Å². The third-order valence-electron chi connectivity index (χ3n) is 3.47. The van der Waals surface area contributed by atoms with E-state index in [1.165, 1.54) is 11.3 Å². The maximum atomic E-state index is 12.0. The lowest BCUT2D eigenvalue weighted by Gasteiger charge is -2.30. The molecule has 0 fully saturated rings. The number of amides is 2. The summed E-state index contributed by atoms with van der Waals surface area (Å²) in [6.45, 7) is 1.72. The van der Waals surface area contributed by atoms with Crippen molar-refractivity contribution in [1.29, 1.82) is 0 Å². The first kappa shape index (κ1) is 15.8. The predicted molar refractivity (Wildman–Crippen MR) is 90.4 cm³/mol. The first-order chi connectivity index (χ1) is 11.0. The van der Waals surface area contributed by atoms with Crippen LogP contribution in [0, 0.1) is 0 Å². The minimum absolute atomic E-state index is 0.0945. The van der Waals surface area contributed by atoms with Gasteiger partial charge in [-0.1, -0.05) is 0 Å². The van der Waals surface area contributed by atoms with Gasteiger partial charge in [-0.15, -0.1) is 22.9 Å². The fourth-order valence-corrected chi connectivity index (χ4v) is 3.09. The van der Waals surface area contributed by atoms with Crippen molar-refractivity contribution < 1.29 is 14.3 Å². The number of alkyl halides is 1. The lowest BCUT2D eigenvalue weighted by atomic mass is 10.1. The van der Waals surface area contributed by atoms with Crippen molar-refractivity contribution in [3.05, 3.63) is 23.6 Å². The van der Waals surface area contributed by atoms with E-state index in [-0.39, 0.29) is 17.7 Å².